The Morgan fingerprint density at radius 3 is 2.40 bits per heavy atom. The predicted octanol–water partition coefficient (Wildman–Crippen LogP) is 1.14. The molecule has 0 aromatic heterocycles. The van der Waals surface area contributed by atoms with Gasteiger partial charge in [-0.25, -0.2) is 0 Å². The van der Waals surface area contributed by atoms with Crippen LogP contribution in [0.1, 0.15) is 32.6 Å². The number of methoxy groups -OCH3 is 1. The molecule has 1 aliphatic rings. The Kier molecular flexibility index (Phi) is 5.98. The van der Waals surface area contributed by atoms with Crippen LogP contribution in [-0.2, 0) is 19.1 Å². The molecule has 1 unspecified atom stereocenters. The quantitative estimate of drug-likeness (QED) is 0.740. The van der Waals surface area contributed by atoms with Crippen molar-refractivity contribution in [2.45, 2.75) is 32.6 Å². The topological polar surface area (TPSA) is 83.9 Å². The van der Waals surface area contributed by atoms with E-state index in [2.05, 4.69) is 4.74 Å². The highest BCUT2D eigenvalue weighted by molar-refractivity contribution is 5.85. The summed E-state index contributed by atoms with van der Waals surface area (Å²) in [5.41, 5.74) is 0. The van der Waals surface area contributed by atoms with Crippen molar-refractivity contribution in [3.8, 4) is 0 Å². The molecule has 114 valence electrons. The SMILES string of the molecule is COC(=O)CCCN(C)C(=O)[C@H]1CC(C)C[C@H]1C(=O)O. The molecule has 3 atom stereocenters. The molecule has 0 saturated heterocycles. The standard InChI is InChI=1S/C14H23NO5/c1-9-7-10(11(8-9)14(18)19)13(17)15(2)6-4-5-12(16)20-3/h9-11H,4-8H2,1-3H3,(H,18,19)/t9?,10-,11+/m0/s1. The van der Waals surface area contributed by atoms with Crippen LogP contribution in [-0.4, -0.2) is 48.6 Å². The van der Waals surface area contributed by atoms with Crippen molar-refractivity contribution in [3.05, 3.63) is 0 Å². The number of amides is 1. The minimum atomic E-state index is -0.893. The van der Waals surface area contributed by atoms with Crippen LogP contribution >= 0.6 is 0 Å². The third kappa shape index (κ3) is 4.21. The third-order valence-electron chi connectivity index (χ3n) is 3.91. The van der Waals surface area contributed by atoms with Crippen molar-refractivity contribution >= 4 is 17.8 Å². The fraction of sp³-hybridized carbons (Fsp3) is 0.786. The molecule has 0 radical (unpaired) electrons. The van der Waals surface area contributed by atoms with Crippen LogP contribution in [0.3, 0.4) is 0 Å². The largest absolute Gasteiger partial charge is 0.481 e. The molecule has 6 nitrogen and oxygen atoms in total. The molecule has 1 amide bonds. The number of carboxylic acids is 1. The van der Waals surface area contributed by atoms with Gasteiger partial charge in [-0.15, -0.1) is 0 Å². The van der Waals surface area contributed by atoms with E-state index < -0.39 is 17.8 Å². The van der Waals surface area contributed by atoms with Crippen LogP contribution in [0.15, 0.2) is 0 Å². The van der Waals surface area contributed by atoms with Crippen LogP contribution < -0.4 is 0 Å². The molecule has 1 aliphatic carbocycles. The fourth-order valence-electron chi connectivity index (χ4n) is 2.79. The summed E-state index contributed by atoms with van der Waals surface area (Å²) in [5.74, 6) is -2.09. The number of rotatable bonds is 6. The zero-order chi connectivity index (χ0) is 15.3. The van der Waals surface area contributed by atoms with E-state index in [9.17, 15) is 19.5 Å². The van der Waals surface area contributed by atoms with Crippen molar-refractivity contribution in [1.29, 1.82) is 0 Å². The number of hydrogen-bond donors (Lipinski definition) is 1. The second kappa shape index (κ2) is 7.26. The number of hydrogen-bond acceptors (Lipinski definition) is 4. The summed E-state index contributed by atoms with van der Waals surface area (Å²) in [7, 11) is 2.98. The van der Waals surface area contributed by atoms with Gasteiger partial charge in [0.25, 0.3) is 0 Å². The van der Waals surface area contributed by atoms with E-state index in [0.717, 1.165) is 0 Å². The minimum absolute atomic E-state index is 0.133. The van der Waals surface area contributed by atoms with Crippen molar-refractivity contribution in [1.82, 2.24) is 4.90 Å². The van der Waals surface area contributed by atoms with Crippen LogP contribution in [0.2, 0.25) is 0 Å². The molecule has 1 N–H and O–H groups in total. The second-order valence-electron chi connectivity index (χ2n) is 5.57. The summed E-state index contributed by atoms with van der Waals surface area (Å²) in [4.78, 5) is 36.0. The summed E-state index contributed by atoms with van der Waals surface area (Å²) < 4.78 is 4.53. The summed E-state index contributed by atoms with van der Waals surface area (Å²) in [5, 5.41) is 9.18. The van der Waals surface area contributed by atoms with Crippen LogP contribution in [0.4, 0.5) is 0 Å². The number of carboxylic acid groups (broad SMARTS) is 1. The number of carbonyl (C=O) groups excluding carboxylic acids is 2. The maximum atomic E-state index is 12.3. The van der Waals surface area contributed by atoms with E-state index in [-0.39, 0.29) is 24.2 Å². The number of carbonyl (C=O) groups is 3. The average Bonchev–Trinajstić information content (AvgIpc) is 2.79. The van der Waals surface area contributed by atoms with Crippen molar-refractivity contribution in [2.75, 3.05) is 20.7 Å². The van der Waals surface area contributed by atoms with Gasteiger partial charge in [-0.1, -0.05) is 6.92 Å². The summed E-state index contributed by atoms with van der Waals surface area (Å²) in [6.07, 6.45) is 1.96. The molecule has 20 heavy (non-hydrogen) atoms. The number of esters is 1. The van der Waals surface area contributed by atoms with Gasteiger partial charge in [-0.05, 0) is 25.2 Å². The molecule has 0 aliphatic heterocycles. The van der Waals surface area contributed by atoms with Gasteiger partial charge >= 0.3 is 11.9 Å². The molecule has 1 saturated carbocycles. The first-order valence-corrected chi connectivity index (χ1v) is 6.91. The lowest BCUT2D eigenvalue weighted by Gasteiger charge is -2.23. The van der Waals surface area contributed by atoms with Gasteiger partial charge in [0.15, 0.2) is 0 Å². The summed E-state index contributed by atoms with van der Waals surface area (Å²) >= 11 is 0. The second-order valence-corrected chi connectivity index (χ2v) is 5.57. The van der Waals surface area contributed by atoms with Crippen LogP contribution in [0.25, 0.3) is 0 Å². The zero-order valence-electron chi connectivity index (χ0n) is 12.3. The first kappa shape index (κ1) is 16.5. The predicted molar refractivity (Wildman–Crippen MR) is 71.9 cm³/mol. The number of nitrogens with zero attached hydrogens (tertiary/aromatic N) is 1. The van der Waals surface area contributed by atoms with Gasteiger partial charge in [0, 0.05) is 20.0 Å². The van der Waals surface area contributed by atoms with Crippen molar-refractivity contribution < 1.29 is 24.2 Å². The monoisotopic (exact) mass is 285 g/mol. The molecule has 0 aromatic carbocycles. The highest BCUT2D eigenvalue weighted by atomic mass is 16.5. The van der Waals surface area contributed by atoms with Gasteiger partial charge in [0.2, 0.25) is 5.91 Å². The van der Waals surface area contributed by atoms with Crippen molar-refractivity contribution in [3.63, 3.8) is 0 Å². The van der Waals surface area contributed by atoms with E-state index in [1.54, 1.807) is 7.05 Å². The minimum Gasteiger partial charge on any atom is -0.481 e. The van der Waals surface area contributed by atoms with Crippen LogP contribution in [0.5, 0.6) is 0 Å². The lowest BCUT2D eigenvalue weighted by Crippen LogP contribution is -2.37. The lowest BCUT2D eigenvalue weighted by molar-refractivity contribution is -0.148. The Morgan fingerprint density at radius 2 is 1.85 bits per heavy atom. The lowest BCUT2D eigenvalue weighted by atomic mass is 9.95. The molecule has 0 heterocycles. The maximum absolute atomic E-state index is 12.3. The molecule has 0 bridgehead atoms. The molecule has 1 fully saturated rings. The number of ether oxygens (including phenoxy) is 1. The Morgan fingerprint density at radius 1 is 1.25 bits per heavy atom. The first-order valence-electron chi connectivity index (χ1n) is 6.91. The normalized spacial score (nSPS) is 25.2. The Hall–Kier alpha value is -1.59. The van der Waals surface area contributed by atoms with E-state index >= 15 is 0 Å². The molecule has 0 aromatic rings. The van der Waals surface area contributed by atoms with Gasteiger partial charge in [-0.3, -0.25) is 14.4 Å². The molecule has 6 heteroatoms. The van der Waals surface area contributed by atoms with Gasteiger partial charge in [0.05, 0.1) is 18.9 Å². The van der Waals surface area contributed by atoms with E-state index in [0.29, 0.717) is 25.8 Å². The van der Waals surface area contributed by atoms with Gasteiger partial charge < -0.3 is 14.7 Å². The Balaban J connectivity index is 2.51. The Labute approximate surface area is 119 Å². The Bertz CT molecular complexity index is 382. The molecule has 0 spiro atoms. The highest BCUT2D eigenvalue weighted by Gasteiger charge is 2.42. The van der Waals surface area contributed by atoms with E-state index in [4.69, 9.17) is 0 Å². The number of aliphatic carboxylic acids is 1. The zero-order valence-corrected chi connectivity index (χ0v) is 12.3. The molecular weight excluding hydrogens is 262 g/mol. The van der Waals surface area contributed by atoms with Crippen molar-refractivity contribution in [2.24, 2.45) is 17.8 Å². The van der Waals surface area contributed by atoms with E-state index in [1.807, 2.05) is 6.92 Å². The summed E-state index contributed by atoms with van der Waals surface area (Å²) in [6.45, 7) is 2.41. The van der Waals surface area contributed by atoms with Gasteiger partial charge in [0.1, 0.15) is 0 Å². The molecule has 1 rings (SSSR count). The van der Waals surface area contributed by atoms with E-state index in [1.165, 1.54) is 12.0 Å². The summed E-state index contributed by atoms with van der Waals surface area (Å²) in [6, 6.07) is 0. The van der Waals surface area contributed by atoms with Gasteiger partial charge in [-0.2, -0.15) is 0 Å². The fourth-order valence-corrected chi connectivity index (χ4v) is 2.79. The first-order chi connectivity index (χ1) is 9.36. The smallest absolute Gasteiger partial charge is 0.307 e. The highest BCUT2D eigenvalue weighted by Crippen LogP contribution is 2.37. The van der Waals surface area contributed by atoms with Crippen LogP contribution in [0, 0.1) is 17.8 Å². The molecular formula is C14H23NO5. The average molecular weight is 285 g/mol. The third-order valence-corrected chi connectivity index (χ3v) is 3.91. The maximum Gasteiger partial charge on any atom is 0.307 e.